The average molecular weight is 427 g/mol. The summed E-state index contributed by atoms with van der Waals surface area (Å²) < 4.78 is 5.52. The molecule has 1 aromatic carbocycles. The molecule has 5 nitrogen and oxygen atoms in total. The lowest BCUT2D eigenvalue weighted by Crippen LogP contribution is -2.39. The Bertz CT molecular complexity index is 967. The summed E-state index contributed by atoms with van der Waals surface area (Å²) in [6.45, 7) is 10.7. The highest BCUT2D eigenvalue weighted by Gasteiger charge is 2.27. The van der Waals surface area contributed by atoms with Crippen molar-refractivity contribution in [1.82, 2.24) is 9.80 Å². The van der Waals surface area contributed by atoms with Gasteiger partial charge in [0, 0.05) is 31.1 Å². The maximum Gasteiger partial charge on any atom is 0.410 e. The monoisotopic (exact) mass is 426 g/mol. The number of hydrogen-bond donors (Lipinski definition) is 0. The molecule has 1 saturated heterocycles. The van der Waals surface area contributed by atoms with Crippen molar-refractivity contribution in [2.75, 3.05) is 19.6 Å². The minimum Gasteiger partial charge on any atom is -0.444 e. The van der Waals surface area contributed by atoms with Gasteiger partial charge in [-0.3, -0.25) is 4.79 Å². The van der Waals surface area contributed by atoms with Crippen molar-refractivity contribution in [1.29, 1.82) is 0 Å². The summed E-state index contributed by atoms with van der Waals surface area (Å²) in [6, 6.07) is 8.56. The summed E-state index contributed by atoms with van der Waals surface area (Å²) in [6.07, 6.45) is 2.77. The molecule has 3 heterocycles. The van der Waals surface area contributed by atoms with Crippen LogP contribution in [0.3, 0.4) is 0 Å². The van der Waals surface area contributed by atoms with E-state index in [1.54, 1.807) is 16.2 Å². The van der Waals surface area contributed by atoms with Crippen LogP contribution in [0.2, 0.25) is 0 Å². The summed E-state index contributed by atoms with van der Waals surface area (Å²) >= 11 is 1.59. The van der Waals surface area contributed by atoms with Gasteiger partial charge in [-0.25, -0.2) is 4.79 Å². The van der Waals surface area contributed by atoms with Crippen molar-refractivity contribution in [3.05, 3.63) is 45.8 Å². The normalized spacial score (nSPS) is 16.5. The number of benzene rings is 1. The SMILES string of the molecule is Cc1cc(-c2ccc3c(c2)CCN(C(=O)OC(C)(C)C)C3)sc1C(=O)N1CCCC1. The molecular weight excluding hydrogens is 396 g/mol. The van der Waals surface area contributed by atoms with Crippen molar-refractivity contribution in [2.24, 2.45) is 0 Å². The van der Waals surface area contributed by atoms with E-state index in [2.05, 4.69) is 24.3 Å². The molecule has 0 bridgehead atoms. The van der Waals surface area contributed by atoms with E-state index in [0.29, 0.717) is 13.1 Å². The molecule has 0 radical (unpaired) electrons. The van der Waals surface area contributed by atoms with Crippen LogP contribution in [-0.4, -0.2) is 47.0 Å². The largest absolute Gasteiger partial charge is 0.444 e. The van der Waals surface area contributed by atoms with Gasteiger partial charge in [-0.1, -0.05) is 12.1 Å². The Morgan fingerprint density at radius 3 is 2.43 bits per heavy atom. The van der Waals surface area contributed by atoms with E-state index in [1.165, 1.54) is 5.56 Å². The molecule has 2 aliphatic heterocycles. The van der Waals surface area contributed by atoms with Gasteiger partial charge in [-0.15, -0.1) is 11.3 Å². The molecule has 4 rings (SSSR count). The molecule has 2 amide bonds. The molecule has 1 aromatic heterocycles. The van der Waals surface area contributed by atoms with Gasteiger partial charge in [0.15, 0.2) is 0 Å². The standard InChI is InChI=1S/C24H30N2O3S/c1-16-13-20(30-21(16)22(27)25-10-5-6-11-25)18-7-8-19-15-26(12-9-17(19)14-18)23(28)29-24(2,3)4/h7-8,13-14H,5-6,9-12,15H2,1-4H3. The van der Waals surface area contributed by atoms with Crippen molar-refractivity contribution in [2.45, 2.75) is 59.1 Å². The van der Waals surface area contributed by atoms with E-state index in [0.717, 1.165) is 58.8 Å². The number of fused-ring (bicyclic) bond motifs is 1. The lowest BCUT2D eigenvalue weighted by Gasteiger charge is -2.31. The van der Waals surface area contributed by atoms with Crippen LogP contribution in [-0.2, 0) is 17.7 Å². The van der Waals surface area contributed by atoms with Crippen LogP contribution < -0.4 is 0 Å². The zero-order valence-electron chi connectivity index (χ0n) is 18.3. The number of amides is 2. The van der Waals surface area contributed by atoms with Crippen molar-refractivity contribution in [3.8, 4) is 10.4 Å². The van der Waals surface area contributed by atoms with Crippen molar-refractivity contribution < 1.29 is 14.3 Å². The maximum atomic E-state index is 12.8. The first-order chi connectivity index (χ1) is 14.2. The highest BCUT2D eigenvalue weighted by Crippen LogP contribution is 2.34. The van der Waals surface area contributed by atoms with Crippen molar-refractivity contribution in [3.63, 3.8) is 0 Å². The third-order valence-corrected chi connectivity index (χ3v) is 6.93. The molecule has 160 valence electrons. The Balaban J connectivity index is 1.51. The molecule has 6 heteroatoms. The van der Waals surface area contributed by atoms with Crippen LogP contribution in [0.1, 0.15) is 60.0 Å². The van der Waals surface area contributed by atoms with Crippen LogP contribution in [0, 0.1) is 6.92 Å². The lowest BCUT2D eigenvalue weighted by atomic mass is 9.97. The van der Waals surface area contributed by atoms with Gasteiger partial charge in [0.2, 0.25) is 0 Å². The van der Waals surface area contributed by atoms with Crippen LogP contribution in [0.25, 0.3) is 10.4 Å². The highest BCUT2D eigenvalue weighted by atomic mass is 32.1. The number of nitrogens with zero attached hydrogens (tertiary/aromatic N) is 2. The quantitative estimate of drug-likeness (QED) is 0.659. The molecule has 0 saturated carbocycles. The Morgan fingerprint density at radius 1 is 1.00 bits per heavy atom. The molecule has 1 fully saturated rings. The predicted molar refractivity (Wildman–Crippen MR) is 120 cm³/mol. The maximum absolute atomic E-state index is 12.8. The van der Waals surface area contributed by atoms with E-state index in [4.69, 9.17) is 4.74 Å². The Labute approximate surface area is 182 Å². The molecule has 0 unspecified atom stereocenters. The number of rotatable bonds is 2. The van der Waals surface area contributed by atoms with Crippen LogP contribution in [0.4, 0.5) is 4.79 Å². The minimum absolute atomic E-state index is 0.173. The van der Waals surface area contributed by atoms with Crippen LogP contribution in [0.5, 0.6) is 0 Å². The van der Waals surface area contributed by atoms with E-state index in [-0.39, 0.29) is 12.0 Å². The third-order valence-electron chi connectivity index (χ3n) is 5.66. The van der Waals surface area contributed by atoms with Gasteiger partial charge < -0.3 is 14.5 Å². The predicted octanol–water partition coefficient (Wildman–Crippen LogP) is 5.25. The third kappa shape index (κ3) is 4.38. The highest BCUT2D eigenvalue weighted by molar-refractivity contribution is 7.17. The van der Waals surface area contributed by atoms with Crippen molar-refractivity contribution >= 4 is 23.3 Å². The van der Waals surface area contributed by atoms with E-state index in [9.17, 15) is 9.59 Å². The summed E-state index contributed by atoms with van der Waals surface area (Å²) in [5, 5.41) is 0. The molecule has 2 aliphatic rings. The zero-order chi connectivity index (χ0) is 21.5. The van der Waals surface area contributed by atoms with Gasteiger partial charge in [-0.05, 0) is 81.3 Å². The number of carbonyl (C=O) groups excluding carboxylic acids is 2. The van der Waals surface area contributed by atoms with Gasteiger partial charge in [0.1, 0.15) is 5.60 Å². The van der Waals surface area contributed by atoms with Crippen LogP contribution >= 0.6 is 11.3 Å². The summed E-state index contributed by atoms with van der Waals surface area (Å²) in [5.74, 6) is 0.173. The number of aryl methyl sites for hydroxylation is 1. The molecule has 2 aromatic rings. The lowest BCUT2D eigenvalue weighted by molar-refractivity contribution is 0.0224. The zero-order valence-corrected chi connectivity index (χ0v) is 19.1. The summed E-state index contributed by atoms with van der Waals surface area (Å²) in [4.78, 5) is 31.0. The second kappa shape index (κ2) is 8.06. The number of ether oxygens (including phenoxy) is 1. The molecule has 30 heavy (non-hydrogen) atoms. The Kier molecular flexibility index (Phi) is 5.62. The first-order valence-corrected chi connectivity index (χ1v) is 11.5. The molecule has 0 N–H and O–H groups in total. The first kappa shape index (κ1) is 20.9. The van der Waals surface area contributed by atoms with E-state index in [1.807, 2.05) is 32.6 Å². The fourth-order valence-corrected chi connectivity index (χ4v) is 5.23. The van der Waals surface area contributed by atoms with Gasteiger partial charge in [-0.2, -0.15) is 0 Å². The van der Waals surface area contributed by atoms with Gasteiger partial charge in [0.25, 0.3) is 5.91 Å². The second-order valence-corrected chi connectivity index (χ2v) is 10.3. The number of likely N-dealkylation sites (tertiary alicyclic amines) is 1. The van der Waals surface area contributed by atoms with E-state index < -0.39 is 5.60 Å². The Morgan fingerprint density at radius 2 is 1.73 bits per heavy atom. The fraction of sp³-hybridized carbons (Fsp3) is 0.500. The minimum atomic E-state index is -0.484. The van der Waals surface area contributed by atoms with Gasteiger partial charge >= 0.3 is 6.09 Å². The molecule has 0 spiro atoms. The molecule has 0 aliphatic carbocycles. The molecule has 0 atom stereocenters. The Hall–Kier alpha value is -2.34. The topological polar surface area (TPSA) is 49.9 Å². The number of carbonyl (C=O) groups is 2. The summed E-state index contributed by atoms with van der Waals surface area (Å²) in [5.41, 5.74) is 4.15. The second-order valence-electron chi connectivity index (χ2n) is 9.26. The average Bonchev–Trinajstić information content (AvgIpc) is 3.35. The summed E-state index contributed by atoms with van der Waals surface area (Å²) in [7, 11) is 0. The fourth-order valence-electron chi connectivity index (χ4n) is 4.09. The first-order valence-electron chi connectivity index (χ1n) is 10.7. The number of hydrogen-bond acceptors (Lipinski definition) is 4. The number of thiophene rings is 1. The smallest absolute Gasteiger partial charge is 0.410 e. The van der Waals surface area contributed by atoms with E-state index >= 15 is 0 Å². The molecular formula is C24H30N2O3S. The van der Waals surface area contributed by atoms with Gasteiger partial charge in [0.05, 0.1) is 4.88 Å². The van der Waals surface area contributed by atoms with Crippen LogP contribution in [0.15, 0.2) is 24.3 Å².